The maximum Gasteiger partial charge on any atom is 0.336 e. The SMILES string of the molecule is CCc1ccc(/C(=C(/C)c2ccccc2)c2ccc(OCCN3CCCC3)cc2)cc1.O=C(O)CC(O)(CC(=O)O)C(=O)O. The van der Waals surface area contributed by atoms with E-state index in [1.165, 1.54) is 59.3 Å². The molecule has 9 nitrogen and oxygen atoms in total. The van der Waals surface area contributed by atoms with Gasteiger partial charge < -0.3 is 25.2 Å². The van der Waals surface area contributed by atoms with E-state index in [0.717, 1.165) is 25.3 Å². The number of carboxylic acid groups (broad SMARTS) is 3. The van der Waals surface area contributed by atoms with Crippen molar-refractivity contribution >= 4 is 29.1 Å². The number of likely N-dealkylation sites (tertiary alicyclic amines) is 1. The van der Waals surface area contributed by atoms with Crippen LogP contribution in [0.15, 0.2) is 78.9 Å². The van der Waals surface area contributed by atoms with E-state index in [9.17, 15) is 14.4 Å². The summed E-state index contributed by atoms with van der Waals surface area (Å²) in [5.74, 6) is -4.07. The smallest absolute Gasteiger partial charge is 0.336 e. The van der Waals surface area contributed by atoms with Gasteiger partial charge in [-0.05, 0) is 84.8 Å². The number of carboxylic acids is 3. The highest BCUT2D eigenvalue weighted by Gasteiger charge is 2.40. The topological polar surface area (TPSA) is 145 Å². The molecule has 0 bridgehead atoms. The van der Waals surface area contributed by atoms with Crippen LogP contribution in [0.25, 0.3) is 11.1 Å². The van der Waals surface area contributed by atoms with Crippen molar-refractivity contribution in [1.29, 1.82) is 0 Å². The van der Waals surface area contributed by atoms with E-state index in [2.05, 4.69) is 97.6 Å². The number of ether oxygens (including phenoxy) is 1. The molecule has 4 rings (SSSR count). The van der Waals surface area contributed by atoms with Gasteiger partial charge in [-0.2, -0.15) is 0 Å². The largest absolute Gasteiger partial charge is 0.492 e. The van der Waals surface area contributed by atoms with Crippen LogP contribution in [-0.2, 0) is 20.8 Å². The molecule has 234 valence electrons. The first-order valence-corrected chi connectivity index (χ1v) is 14.7. The number of aliphatic hydroxyl groups is 1. The molecule has 3 aromatic rings. The lowest BCUT2D eigenvalue weighted by Gasteiger charge is -2.18. The third kappa shape index (κ3) is 10.1. The molecule has 1 heterocycles. The fraction of sp³-hybridized carbons (Fsp3) is 0.343. The molecule has 0 spiro atoms. The Kier molecular flexibility index (Phi) is 12.7. The average Bonchev–Trinajstić information content (AvgIpc) is 3.52. The summed E-state index contributed by atoms with van der Waals surface area (Å²) < 4.78 is 6.03. The second-order valence-corrected chi connectivity index (χ2v) is 10.8. The van der Waals surface area contributed by atoms with E-state index in [4.69, 9.17) is 25.2 Å². The Labute approximate surface area is 258 Å². The lowest BCUT2D eigenvalue weighted by molar-refractivity contribution is -0.170. The molecule has 0 amide bonds. The summed E-state index contributed by atoms with van der Waals surface area (Å²) >= 11 is 0. The molecular formula is C35H41NO8. The number of carbonyl (C=O) groups is 3. The first kappa shape index (κ1) is 34.0. The quantitative estimate of drug-likeness (QED) is 0.187. The van der Waals surface area contributed by atoms with E-state index in [-0.39, 0.29) is 0 Å². The van der Waals surface area contributed by atoms with Gasteiger partial charge in [-0.1, -0.05) is 73.7 Å². The highest BCUT2D eigenvalue weighted by molar-refractivity contribution is 5.98. The van der Waals surface area contributed by atoms with Crippen molar-refractivity contribution in [2.45, 2.75) is 51.6 Å². The van der Waals surface area contributed by atoms with Gasteiger partial charge in [-0.25, -0.2) is 4.79 Å². The second kappa shape index (κ2) is 16.4. The zero-order chi connectivity index (χ0) is 32.1. The molecule has 1 aliphatic heterocycles. The predicted molar refractivity (Wildman–Crippen MR) is 169 cm³/mol. The van der Waals surface area contributed by atoms with Gasteiger partial charge in [0.15, 0.2) is 5.60 Å². The molecule has 0 radical (unpaired) electrons. The summed E-state index contributed by atoms with van der Waals surface area (Å²) in [6, 6.07) is 28.2. The molecule has 0 aliphatic carbocycles. The van der Waals surface area contributed by atoms with Crippen molar-refractivity contribution in [3.63, 3.8) is 0 Å². The molecule has 0 saturated carbocycles. The Hall–Kier alpha value is -4.47. The number of hydrogen-bond donors (Lipinski definition) is 4. The number of rotatable bonds is 13. The fourth-order valence-corrected chi connectivity index (χ4v) is 5.07. The lowest BCUT2D eigenvalue weighted by atomic mass is 9.90. The van der Waals surface area contributed by atoms with E-state index in [0.29, 0.717) is 0 Å². The van der Waals surface area contributed by atoms with E-state index < -0.39 is 36.4 Å². The summed E-state index contributed by atoms with van der Waals surface area (Å²) in [4.78, 5) is 33.0. The van der Waals surface area contributed by atoms with Gasteiger partial charge in [-0.15, -0.1) is 0 Å². The van der Waals surface area contributed by atoms with Gasteiger partial charge in [0.25, 0.3) is 0 Å². The molecule has 1 saturated heterocycles. The normalized spacial score (nSPS) is 13.8. The van der Waals surface area contributed by atoms with E-state index in [1.54, 1.807) is 0 Å². The molecule has 3 aromatic carbocycles. The number of allylic oxidation sites excluding steroid dienone is 1. The minimum absolute atomic E-state index is 0.754. The van der Waals surface area contributed by atoms with Crippen LogP contribution in [0.2, 0.25) is 0 Å². The second-order valence-electron chi connectivity index (χ2n) is 10.8. The van der Waals surface area contributed by atoms with Gasteiger partial charge in [0, 0.05) is 6.54 Å². The first-order chi connectivity index (χ1) is 21.0. The highest BCUT2D eigenvalue weighted by atomic mass is 16.5. The third-order valence-corrected chi connectivity index (χ3v) is 7.54. The molecule has 0 unspecified atom stereocenters. The van der Waals surface area contributed by atoms with Gasteiger partial charge in [0.1, 0.15) is 12.4 Å². The van der Waals surface area contributed by atoms with Crippen LogP contribution < -0.4 is 4.74 Å². The number of hydrogen-bond acceptors (Lipinski definition) is 6. The summed E-state index contributed by atoms with van der Waals surface area (Å²) in [5, 5.41) is 33.8. The Morgan fingerprint density at radius 3 is 1.77 bits per heavy atom. The van der Waals surface area contributed by atoms with Crippen LogP contribution in [0.3, 0.4) is 0 Å². The first-order valence-electron chi connectivity index (χ1n) is 14.7. The lowest BCUT2D eigenvalue weighted by Crippen LogP contribution is -2.42. The monoisotopic (exact) mass is 603 g/mol. The van der Waals surface area contributed by atoms with Crippen LogP contribution >= 0.6 is 0 Å². The van der Waals surface area contributed by atoms with Crippen LogP contribution in [-0.4, -0.2) is 75.1 Å². The predicted octanol–water partition coefficient (Wildman–Crippen LogP) is 5.45. The van der Waals surface area contributed by atoms with Crippen LogP contribution in [0.1, 0.15) is 61.8 Å². The minimum Gasteiger partial charge on any atom is -0.492 e. The zero-order valence-corrected chi connectivity index (χ0v) is 25.2. The summed E-state index contributed by atoms with van der Waals surface area (Å²) in [6.45, 7) is 8.62. The summed E-state index contributed by atoms with van der Waals surface area (Å²) in [7, 11) is 0. The molecule has 1 fully saturated rings. The number of aliphatic carboxylic acids is 3. The molecular weight excluding hydrogens is 562 g/mol. The van der Waals surface area contributed by atoms with Gasteiger partial charge in [0.2, 0.25) is 0 Å². The van der Waals surface area contributed by atoms with Crippen molar-refractivity contribution in [1.82, 2.24) is 4.90 Å². The van der Waals surface area contributed by atoms with E-state index in [1.807, 2.05) is 0 Å². The van der Waals surface area contributed by atoms with Gasteiger partial charge >= 0.3 is 17.9 Å². The van der Waals surface area contributed by atoms with Gasteiger partial charge in [-0.3, -0.25) is 14.5 Å². The number of benzene rings is 3. The minimum atomic E-state index is -2.74. The molecule has 44 heavy (non-hydrogen) atoms. The van der Waals surface area contributed by atoms with Crippen molar-refractivity contribution in [2.24, 2.45) is 0 Å². The highest BCUT2D eigenvalue weighted by Crippen LogP contribution is 2.33. The molecule has 0 atom stereocenters. The zero-order valence-electron chi connectivity index (χ0n) is 25.2. The number of aryl methyl sites for hydroxylation is 1. The van der Waals surface area contributed by atoms with E-state index >= 15 is 0 Å². The maximum atomic E-state index is 10.3. The Morgan fingerprint density at radius 1 is 0.773 bits per heavy atom. The Balaban J connectivity index is 0.000000345. The van der Waals surface area contributed by atoms with Crippen molar-refractivity contribution < 1.29 is 39.5 Å². The van der Waals surface area contributed by atoms with Crippen molar-refractivity contribution in [3.05, 3.63) is 101 Å². The fourth-order valence-electron chi connectivity index (χ4n) is 5.07. The number of nitrogens with zero attached hydrogens (tertiary/aromatic N) is 1. The third-order valence-electron chi connectivity index (χ3n) is 7.54. The molecule has 4 N–H and O–H groups in total. The maximum absolute atomic E-state index is 10.3. The standard InChI is InChI=1S/C29H33NO.C6H8O7/c1-3-24-11-13-26(14-12-24)29(23(2)25-9-5-4-6-10-25)27-15-17-28(18-16-27)31-22-21-30-19-7-8-20-30;7-3(8)1-6(13,5(11)12)2-4(9)10/h4-6,9-18H,3,7-8,19-22H2,1-2H3;13H,1-2H2,(H,7,8)(H,9,10)(H,11,12)/b29-23+;. The Bertz CT molecular complexity index is 1390. The average molecular weight is 604 g/mol. The van der Waals surface area contributed by atoms with Crippen molar-refractivity contribution in [3.8, 4) is 5.75 Å². The molecule has 9 heteroatoms. The van der Waals surface area contributed by atoms with Crippen LogP contribution in [0.4, 0.5) is 0 Å². The van der Waals surface area contributed by atoms with Crippen LogP contribution in [0.5, 0.6) is 5.75 Å². The summed E-state index contributed by atoms with van der Waals surface area (Å²) in [5.41, 5.74) is 4.91. The van der Waals surface area contributed by atoms with Crippen LogP contribution in [0, 0.1) is 0 Å². The molecule has 0 aromatic heterocycles. The molecule has 1 aliphatic rings. The van der Waals surface area contributed by atoms with Gasteiger partial charge in [0.05, 0.1) is 12.8 Å². The summed E-state index contributed by atoms with van der Waals surface area (Å²) in [6.07, 6.45) is 1.41. The Morgan fingerprint density at radius 2 is 1.30 bits per heavy atom. The van der Waals surface area contributed by atoms with Crippen molar-refractivity contribution in [2.75, 3.05) is 26.2 Å².